The van der Waals surface area contributed by atoms with Gasteiger partial charge in [-0.2, -0.15) is 0 Å². The molecule has 0 amide bonds. The van der Waals surface area contributed by atoms with Crippen LogP contribution >= 0.6 is 0 Å². The molecule has 2 rings (SSSR count). The van der Waals surface area contributed by atoms with Gasteiger partial charge in [0.05, 0.1) is 31.5 Å². The SMILES string of the molecule is Cc1ccc(CN(C[C@@H](O)COC(C)C)C[C@@H]2CCCO2)o1. The molecule has 1 aromatic heterocycles. The molecule has 0 saturated carbocycles. The van der Waals surface area contributed by atoms with E-state index in [1.807, 2.05) is 32.9 Å². The predicted octanol–water partition coefficient (Wildman–Crippen LogP) is 2.35. The number of ether oxygens (including phenoxy) is 2. The topological polar surface area (TPSA) is 55.1 Å². The molecule has 5 heteroatoms. The fourth-order valence-electron chi connectivity index (χ4n) is 2.72. The molecule has 1 aliphatic heterocycles. The highest BCUT2D eigenvalue weighted by atomic mass is 16.5. The molecular weight excluding hydrogens is 282 g/mol. The summed E-state index contributed by atoms with van der Waals surface area (Å²) < 4.78 is 16.9. The summed E-state index contributed by atoms with van der Waals surface area (Å²) >= 11 is 0. The Morgan fingerprint density at radius 2 is 2.23 bits per heavy atom. The van der Waals surface area contributed by atoms with Crippen LogP contribution in [0.3, 0.4) is 0 Å². The van der Waals surface area contributed by atoms with E-state index in [9.17, 15) is 5.11 Å². The van der Waals surface area contributed by atoms with Crippen LogP contribution in [0.5, 0.6) is 0 Å². The first kappa shape index (κ1) is 17.5. The Labute approximate surface area is 133 Å². The Morgan fingerprint density at radius 3 is 2.82 bits per heavy atom. The molecule has 5 nitrogen and oxygen atoms in total. The summed E-state index contributed by atoms with van der Waals surface area (Å²) in [6.45, 7) is 9.16. The maximum Gasteiger partial charge on any atom is 0.118 e. The van der Waals surface area contributed by atoms with Crippen LogP contribution in [0.1, 0.15) is 38.2 Å². The minimum Gasteiger partial charge on any atom is -0.465 e. The molecular formula is C17H29NO4. The van der Waals surface area contributed by atoms with Crippen LogP contribution in [0.25, 0.3) is 0 Å². The van der Waals surface area contributed by atoms with Gasteiger partial charge in [0.15, 0.2) is 0 Å². The number of aliphatic hydroxyl groups is 1. The van der Waals surface area contributed by atoms with Gasteiger partial charge in [-0.15, -0.1) is 0 Å². The third kappa shape index (κ3) is 6.08. The van der Waals surface area contributed by atoms with Gasteiger partial charge in [0.2, 0.25) is 0 Å². The van der Waals surface area contributed by atoms with Gasteiger partial charge in [-0.1, -0.05) is 0 Å². The second kappa shape index (κ2) is 8.67. The second-order valence-corrected chi connectivity index (χ2v) is 6.38. The first-order valence-corrected chi connectivity index (χ1v) is 8.22. The van der Waals surface area contributed by atoms with Gasteiger partial charge >= 0.3 is 0 Å². The van der Waals surface area contributed by atoms with Crippen molar-refractivity contribution in [1.29, 1.82) is 0 Å². The molecule has 126 valence electrons. The average molecular weight is 311 g/mol. The maximum absolute atomic E-state index is 10.2. The number of aryl methyl sites for hydroxylation is 1. The molecule has 0 bridgehead atoms. The molecule has 0 unspecified atom stereocenters. The van der Waals surface area contributed by atoms with E-state index in [0.717, 1.165) is 37.5 Å². The van der Waals surface area contributed by atoms with Crippen LogP contribution in [0.2, 0.25) is 0 Å². The quantitative estimate of drug-likeness (QED) is 0.759. The lowest BCUT2D eigenvalue weighted by atomic mass is 10.2. The van der Waals surface area contributed by atoms with Gasteiger partial charge in [0, 0.05) is 19.7 Å². The summed E-state index contributed by atoms with van der Waals surface area (Å²) in [5.41, 5.74) is 0. The van der Waals surface area contributed by atoms with Crippen molar-refractivity contribution < 1.29 is 19.0 Å². The van der Waals surface area contributed by atoms with Crippen molar-refractivity contribution in [2.75, 3.05) is 26.3 Å². The fourth-order valence-corrected chi connectivity index (χ4v) is 2.72. The van der Waals surface area contributed by atoms with E-state index in [0.29, 0.717) is 19.7 Å². The normalized spacial score (nSPS) is 20.2. The monoisotopic (exact) mass is 311 g/mol. The van der Waals surface area contributed by atoms with Gasteiger partial charge < -0.3 is 19.0 Å². The van der Waals surface area contributed by atoms with Gasteiger partial charge in [0.1, 0.15) is 11.5 Å². The zero-order valence-electron chi connectivity index (χ0n) is 14.0. The summed E-state index contributed by atoms with van der Waals surface area (Å²) in [6.07, 6.45) is 2.10. The van der Waals surface area contributed by atoms with E-state index >= 15 is 0 Å². The van der Waals surface area contributed by atoms with Crippen molar-refractivity contribution in [3.63, 3.8) is 0 Å². The number of hydrogen-bond acceptors (Lipinski definition) is 5. The third-order valence-corrected chi connectivity index (χ3v) is 3.75. The number of aliphatic hydroxyl groups excluding tert-OH is 1. The summed E-state index contributed by atoms with van der Waals surface area (Å²) in [5.74, 6) is 1.84. The third-order valence-electron chi connectivity index (χ3n) is 3.75. The molecule has 1 aromatic rings. The van der Waals surface area contributed by atoms with Crippen molar-refractivity contribution in [3.05, 3.63) is 23.7 Å². The Hall–Kier alpha value is -0.880. The maximum atomic E-state index is 10.2. The molecule has 1 N–H and O–H groups in total. The molecule has 1 saturated heterocycles. The van der Waals surface area contributed by atoms with E-state index in [1.54, 1.807) is 0 Å². The van der Waals surface area contributed by atoms with Crippen LogP contribution < -0.4 is 0 Å². The number of hydrogen-bond donors (Lipinski definition) is 1. The molecule has 22 heavy (non-hydrogen) atoms. The zero-order valence-corrected chi connectivity index (χ0v) is 14.0. The summed E-state index contributed by atoms with van der Waals surface area (Å²) in [5, 5.41) is 10.2. The highest BCUT2D eigenvalue weighted by Gasteiger charge is 2.22. The Morgan fingerprint density at radius 1 is 1.41 bits per heavy atom. The molecule has 0 spiro atoms. The van der Waals surface area contributed by atoms with Crippen molar-refractivity contribution in [2.45, 2.75) is 58.5 Å². The second-order valence-electron chi connectivity index (χ2n) is 6.38. The van der Waals surface area contributed by atoms with Crippen LogP contribution in [0.15, 0.2) is 16.5 Å². The fraction of sp³-hybridized carbons (Fsp3) is 0.765. The van der Waals surface area contributed by atoms with Crippen molar-refractivity contribution in [1.82, 2.24) is 4.90 Å². The average Bonchev–Trinajstić information content (AvgIpc) is 3.08. The van der Waals surface area contributed by atoms with E-state index in [2.05, 4.69) is 4.90 Å². The van der Waals surface area contributed by atoms with Crippen LogP contribution in [-0.2, 0) is 16.0 Å². The highest BCUT2D eigenvalue weighted by Crippen LogP contribution is 2.16. The first-order chi connectivity index (χ1) is 10.5. The van der Waals surface area contributed by atoms with E-state index in [1.165, 1.54) is 0 Å². The highest BCUT2D eigenvalue weighted by molar-refractivity contribution is 5.05. The van der Waals surface area contributed by atoms with Crippen LogP contribution in [-0.4, -0.2) is 54.6 Å². The lowest BCUT2D eigenvalue weighted by molar-refractivity contribution is -0.0181. The van der Waals surface area contributed by atoms with Gasteiger partial charge in [0.25, 0.3) is 0 Å². The lowest BCUT2D eigenvalue weighted by Crippen LogP contribution is -2.39. The van der Waals surface area contributed by atoms with Gasteiger partial charge in [-0.25, -0.2) is 0 Å². The van der Waals surface area contributed by atoms with E-state index < -0.39 is 6.10 Å². The summed E-state index contributed by atoms with van der Waals surface area (Å²) in [7, 11) is 0. The van der Waals surface area contributed by atoms with Gasteiger partial charge in [-0.3, -0.25) is 4.90 Å². The van der Waals surface area contributed by atoms with Crippen molar-refractivity contribution in [2.24, 2.45) is 0 Å². The summed E-state index contributed by atoms with van der Waals surface area (Å²) in [6, 6.07) is 3.97. The molecule has 0 aromatic carbocycles. The smallest absolute Gasteiger partial charge is 0.118 e. The molecule has 2 atom stereocenters. The van der Waals surface area contributed by atoms with Gasteiger partial charge in [-0.05, 0) is 45.7 Å². The Kier molecular flexibility index (Phi) is 6.89. The van der Waals surface area contributed by atoms with Crippen LogP contribution in [0.4, 0.5) is 0 Å². The Bertz CT molecular complexity index is 426. The molecule has 2 heterocycles. The molecule has 1 aliphatic rings. The molecule has 0 aliphatic carbocycles. The summed E-state index contributed by atoms with van der Waals surface area (Å²) in [4.78, 5) is 2.20. The van der Waals surface area contributed by atoms with E-state index in [-0.39, 0.29) is 12.2 Å². The standard InChI is InChI=1S/C17H29NO4/c1-13(2)21-12-15(19)9-18(10-16-5-4-8-20-16)11-17-7-6-14(3)22-17/h6-7,13,15-16,19H,4-5,8-12H2,1-3H3/t15-,16+/m1/s1. The lowest BCUT2D eigenvalue weighted by Gasteiger charge is -2.27. The van der Waals surface area contributed by atoms with Crippen LogP contribution in [0, 0.1) is 6.92 Å². The first-order valence-electron chi connectivity index (χ1n) is 8.22. The largest absolute Gasteiger partial charge is 0.465 e. The minimum absolute atomic E-state index is 0.133. The predicted molar refractivity (Wildman–Crippen MR) is 84.8 cm³/mol. The minimum atomic E-state index is -0.500. The van der Waals surface area contributed by atoms with Crippen molar-refractivity contribution in [3.8, 4) is 0 Å². The molecule has 0 radical (unpaired) electrons. The van der Waals surface area contributed by atoms with E-state index in [4.69, 9.17) is 13.9 Å². The number of nitrogens with zero attached hydrogens (tertiary/aromatic N) is 1. The van der Waals surface area contributed by atoms with Crippen molar-refractivity contribution >= 4 is 0 Å². The number of furan rings is 1. The Balaban J connectivity index is 1.88. The molecule has 1 fully saturated rings. The number of rotatable bonds is 9. The zero-order chi connectivity index (χ0) is 15.9.